The van der Waals surface area contributed by atoms with Gasteiger partial charge in [0, 0.05) is 16.1 Å². The molecule has 7 heteroatoms. The highest BCUT2D eigenvalue weighted by Crippen LogP contribution is 2.24. The third-order valence-corrected chi connectivity index (χ3v) is 3.10. The minimum atomic E-state index is -0.450. The van der Waals surface area contributed by atoms with Gasteiger partial charge in [-0.15, -0.1) is 0 Å². The van der Waals surface area contributed by atoms with Crippen molar-refractivity contribution < 1.29 is 9.90 Å². The normalized spacial score (nSPS) is 10.5. The molecule has 0 atom stereocenters. The molecule has 1 aromatic heterocycles. The van der Waals surface area contributed by atoms with E-state index in [9.17, 15) is 9.90 Å². The monoisotopic (exact) mass is 302 g/mol. The third-order valence-electron chi connectivity index (χ3n) is 2.86. The maximum atomic E-state index is 11.9. The lowest BCUT2D eigenvalue weighted by Crippen LogP contribution is -2.19. The van der Waals surface area contributed by atoms with E-state index in [0.717, 1.165) is 0 Å². The zero-order valence-electron chi connectivity index (χ0n) is 10.7. The fourth-order valence-electron chi connectivity index (χ4n) is 1.93. The molecule has 0 aliphatic carbocycles. The SMILES string of the molecule is O=C(Nc1cccc(Cl)c1)Nc1n[nH]c2ccc(O)cc12. The van der Waals surface area contributed by atoms with Gasteiger partial charge in [-0.2, -0.15) is 5.10 Å². The highest BCUT2D eigenvalue weighted by Gasteiger charge is 2.10. The number of H-pyrrole nitrogens is 1. The first-order valence-corrected chi connectivity index (χ1v) is 6.50. The molecular formula is C14H11ClN4O2. The molecule has 21 heavy (non-hydrogen) atoms. The molecule has 0 radical (unpaired) electrons. The van der Waals surface area contributed by atoms with Gasteiger partial charge in [-0.3, -0.25) is 10.4 Å². The molecule has 3 aromatic rings. The summed E-state index contributed by atoms with van der Waals surface area (Å²) in [5.41, 5.74) is 1.29. The number of carbonyl (C=O) groups is 1. The van der Waals surface area contributed by atoms with Crippen LogP contribution in [0.15, 0.2) is 42.5 Å². The topological polar surface area (TPSA) is 90.0 Å². The van der Waals surface area contributed by atoms with Crippen molar-refractivity contribution in [3.63, 3.8) is 0 Å². The summed E-state index contributed by atoms with van der Waals surface area (Å²) in [6, 6.07) is 11.1. The van der Waals surface area contributed by atoms with Crippen LogP contribution in [-0.4, -0.2) is 21.3 Å². The van der Waals surface area contributed by atoms with Crippen molar-refractivity contribution in [3.8, 4) is 5.75 Å². The zero-order valence-corrected chi connectivity index (χ0v) is 11.5. The number of amides is 2. The van der Waals surface area contributed by atoms with Crippen LogP contribution in [0.1, 0.15) is 0 Å². The van der Waals surface area contributed by atoms with Crippen LogP contribution >= 0.6 is 11.6 Å². The van der Waals surface area contributed by atoms with Gasteiger partial charge in [0.25, 0.3) is 0 Å². The minimum absolute atomic E-state index is 0.0993. The summed E-state index contributed by atoms with van der Waals surface area (Å²) in [6.07, 6.45) is 0. The summed E-state index contributed by atoms with van der Waals surface area (Å²) in [6.45, 7) is 0. The van der Waals surface area contributed by atoms with E-state index in [0.29, 0.717) is 27.4 Å². The van der Waals surface area contributed by atoms with Gasteiger partial charge in [-0.25, -0.2) is 4.79 Å². The first-order valence-electron chi connectivity index (χ1n) is 6.12. The number of anilines is 2. The van der Waals surface area contributed by atoms with Crippen molar-refractivity contribution in [2.45, 2.75) is 0 Å². The molecule has 3 rings (SSSR count). The predicted octanol–water partition coefficient (Wildman–Crippen LogP) is 3.57. The summed E-state index contributed by atoms with van der Waals surface area (Å²) in [5, 5.41) is 22.7. The molecule has 0 saturated heterocycles. The van der Waals surface area contributed by atoms with E-state index in [1.165, 1.54) is 12.1 Å². The number of fused-ring (bicyclic) bond motifs is 1. The Kier molecular flexibility index (Phi) is 3.37. The van der Waals surface area contributed by atoms with Crippen molar-refractivity contribution in [2.24, 2.45) is 0 Å². The number of nitrogens with one attached hydrogen (secondary N) is 3. The number of benzene rings is 2. The number of hydrogen-bond acceptors (Lipinski definition) is 3. The van der Waals surface area contributed by atoms with Crippen LogP contribution in [0, 0.1) is 0 Å². The average Bonchev–Trinajstić information content (AvgIpc) is 2.81. The van der Waals surface area contributed by atoms with Crippen LogP contribution in [-0.2, 0) is 0 Å². The van der Waals surface area contributed by atoms with Crippen LogP contribution in [0.3, 0.4) is 0 Å². The molecule has 0 saturated carbocycles. The largest absolute Gasteiger partial charge is 0.508 e. The van der Waals surface area contributed by atoms with E-state index in [2.05, 4.69) is 20.8 Å². The van der Waals surface area contributed by atoms with E-state index in [1.807, 2.05) is 0 Å². The summed E-state index contributed by atoms with van der Waals surface area (Å²) in [4.78, 5) is 11.9. The van der Waals surface area contributed by atoms with Gasteiger partial charge in [0.15, 0.2) is 5.82 Å². The molecule has 0 aliphatic heterocycles. The number of hydrogen-bond donors (Lipinski definition) is 4. The Morgan fingerprint density at radius 1 is 1.19 bits per heavy atom. The number of carbonyl (C=O) groups excluding carboxylic acids is 1. The Morgan fingerprint density at radius 3 is 2.86 bits per heavy atom. The van der Waals surface area contributed by atoms with Crippen LogP contribution in [0.4, 0.5) is 16.3 Å². The van der Waals surface area contributed by atoms with Crippen molar-refractivity contribution in [1.29, 1.82) is 0 Å². The van der Waals surface area contributed by atoms with Crippen LogP contribution in [0.5, 0.6) is 5.75 Å². The summed E-state index contributed by atoms with van der Waals surface area (Å²) >= 11 is 5.85. The predicted molar refractivity (Wildman–Crippen MR) is 81.9 cm³/mol. The standard InChI is InChI=1S/C14H11ClN4O2/c15-8-2-1-3-9(6-8)16-14(21)17-13-11-7-10(20)4-5-12(11)18-19-13/h1-7,20H,(H3,16,17,18,19,21). The molecule has 0 fully saturated rings. The molecule has 1 heterocycles. The molecule has 2 aromatic carbocycles. The second kappa shape index (κ2) is 5.34. The molecule has 0 bridgehead atoms. The first kappa shape index (κ1) is 13.3. The van der Waals surface area contributed by atoms with Gasteiger partial charge in [0.1, 0.15) is 5.75 Å². The van der Waals surface area contributed by atoms with Gasteiger partial charge in [-0.1, -0.05) is 17.7 Å². The van der Waals surface area contributed by atoms with Gasteiger partial charge in [0.2, 0.25) is 0 Å². The highest BCUT2D eigenvalue weighted by molar-refractivity contribution is 6.30. The summed E-state index contributed by atoms with van der Waals surface area (Å²) in [7, 11) is 0. The molecule has 0 spiro atoms. The van der Waals surface area contributed by atoms with Crippen molar-refractivity contribution in [1.82, 2.24) is 10.2 Å². The Balaban J connectivity index is 1.79. The number of urea groups is 1. The second-order valence-corrected chi connectivity index (χ2v) is 4.83. The lowest BCUT2D eigenvalue weighted by Gasteiger charge is -2.06. The van der Waals surface area contributed by atoms with Crippen molar-refractivity contribution in [3.05, 3.63) is 47.5 Å². The molecule has 0 aliphatic rings. The summed E-state index contributed by atoms with van der Waals surface area (Å²) < 4.78 is 0. The Hall–Kier alpha value is -2.73. The third kappa shape index (κ3) is 2.90. The van der Waals surface area contributed by atoms with Gasteiger partial charge in [0.05, 0.1) is 5.52 Å². The minimum Gasteiger partial charge on any atom is -0.508 e. The Labute approximate surface area is 124 Å². The first-order chi connectivity index (χ1) is 10.1. The number of aromatic hydroxyl groups is 1. The highest BCUT2D eigenvalue weighted by atomic mass is 35.5. The number of halogens is 1. The molecule has 6 nitrogen and oxygen atoms in total. The number of aromatic amines is 1. The molecule has 4 N–H and O–H groups in total. The molecule has 2 amide bonds. The quantitative estimate of drug-likeness (QED) is 0.583. The lowest BCUT2D eigenvalue weighted by atomic mass is 10.2. The number of aromatic nitrogens is 2. The maximum absolute atomic E-state index is 11.9. The number of nitrogens with zero attached hydrogens (tertiary/aromatic N) is 1. The molecular weight excluding hydrogens is 292 g/mol. The molecule has 0 unspecified atom stereocenters. The van der Waals surface area contributed by atoms with Crippen LogP contribution in [0.25, 0.3) is 10.9 Å². The Morgan fingerprint density at radius 2 is 2.05 bits per heavy atom. The van der Waals surface area contributed by atoms with Gasteiger partial charge in [-0.05, 0) is 36.4 Å². The zero-order chi connectivity index (χ0) is 14.8. The van der Waals surface area contributed by atoms with E-state index in [1.54, 1.807) is 30.3 Å². The van der Waals surface area contributed by atoms with Crippen molar-refractivity contribution in [2.75, 3.05) is 10.6 Å². The lowest BCUT2D eigenvalue weighted by molar-refractivity contribution is 0.262. The Bertz CT molecular complexity index is 816. The fraction of sp³-hybridized carbons (Fsp3) is 0. The number of phenols is 1. The van der Waals surface area contributed by atoms with Gasteiger partial charge < -0.3 is 10.4 Å². The van der Waals surface area contributed by atoms with E-state index in [-0.39, 0.29) is 5.75 Å². The maximum Gasteiger partial charge on any atom is 0.324 e. The smallest absolute Gasteiger partial charge is 0.324 e. The average molecular weight is 303 g/mol. The van der Waals surface area contributed by atoms with E-state index >= 15 is 0 Å². The number of rotatable bonds is 2. The van der Waals surface area contributed by atoms with E-state index < -0.39 is 6.03 Å². The second-order valence-electron chi connectivity index (χ2n) is 4.39. The summed E-state index contributed by atoms with van der Waals surface area (Å²) in [5.74, 6) is 0.433. The van der Waals surface area contributed by atoms with Gasteiger partial charge >= 0.3 is 6.03 Å². The van der Waals surface area contributed by atoms with Crippen molar-refractivity contribution >= 4 is 40.0 Å². The number of phenolic OH excluding ortho intramolecular Hbond substituents is 1. The van der Waals surface area contributed by atoms with Crippen LogP contribution < -0.4 is 10.6 Å². The fourth-order valence-corrected chi connectivity index (χ4v) is 2.12. The molecule has 106 valence electrons. The van der Waals surface area contributed by atoms with E-state index in [4.69, 9.17) is 11.6 Å². The van der Waals surface area contributed by atoms with Crippen LogP contribution in [0.2, 0.25) is 5.02 Å².